The Morgan fingerprint density at radius 3 is 1.21 bits per heavy atom. The SMILES string of the molecule is CC1(C)OB(c2ccc(N3CCN(c4ccnc(C(O)C(F)(F)F)c4)CC3)cc2)OC1(C)C.OC(c1cc(N2CCN(c3ccc(Br)cc3)CC2)ccn1)C(F)(F)F.[CH3-].[CH3-].[U].[V]. The normalized spacial score (nSPS) is 18.2. The molecule has 0 saturated carbocycles. The summed E-state index contributed by atoms with van der Waals surface area (Å²) in [4.78, 5) is 15.8. The Hall–Kier alpha value is -2.46. The number of hydrogen-bond acceptors (Lipinski definition) is 10. The fraction of sp³-hybridized carbons (Fsp3) is 0.429. The number of halogens is 7. The van der Waals surface area contributed by atoms with E-state index < -0.39 is 42.9 Å². The zero-order chi connectivity index (χ0) is 42.0. The first kappa shape index (κ1) is 55.7. The van der Waals surface area contributed by atoms with Gasteiger partial charge >= 0.3 is 19.5 Å². The molecule has 0 bridgehead atoms. The number of nitrogens with zero attached hydrogens (tertiary/aromatic N) is 6. The van der Waals surface area contributed by atoms with Crippen molar-refractivity contribution in [2.75, 3.05) is 72.0 Å². The third-order valence-electron chi connectivity index (χ3n) is 11.0. The van der Waals surface area contributed by atoms with E-state index in [9.17, 15) is 36.6 Å². The van der Waals surface area contributed by atoms with Crippen molar-refractivity contribution in [2.24, 2.45) is 0 Å². The van der Waals surface area contributed by atoms with Gasteiger partial charge in [-0.05, 0) is 93.8 Å². The number of aliphatic hydroxyl groups excluding tert-OH is 2. The predicted octanol–water partition coefficient (Wildman–Crippen LogP) is 7.97. The summed E-state index contributed by atoms with van der Waals surface area (Å²) in [5, 5.41) is 18.9. The van der Waals surface area contributed by atoms with Crippen LogP contribution in [0, 0.1) is 46.0 Å². The quantitative estimate of drug-likeness (QED) is 0.108. The first-order valence-electron chi connectivity index (χ1n) is 18.8. The van der Waals surface area contributed by atoms with E-state index in [4.69, 9.17) is 9.31 Å². The monoisotopic (exact) mass is 1200 g/mol. The standard InChI is InChI=1S/C23H29BF3N3O3.C17H17BrF3N3O.2CH3.U.V/c1-21(2)22(3,4)33-24(32-21)16-5-7-17(8-6-16)29-11-13-30(14-12-29)18-9-10-28-19(15-18)20(31)23(25,26)27;18-12-1-3-13(4-2-12)23-7-9-24(10-8-23)14-5-6-22-15(11-14)16(25)17(19,20)21;;;;/h5-10,15,20,31H,11-14H2,1-4H3;1-6,11,16,25H,7-10H2;2*1H3;;/q;;2*-1;;. The Morgan fingerprint density at radius 2 is 0.887 bits per heavy atom. The van der Waals surface area contributed by atoms with Crippen LogP contribution in [0.2, 0.25) is 0 Å². The third kappa shape index (κ3) is 13.5. The van der Waals surface area contributed by atoms with Gasteiger partial charge in [0.05, 0.1) is 22.6 Å². The first-order chi connectivity index (χ1) is 27.2. The van der Waals surface area contributed by atoms with Gasteiger partial charge in [-0.1, -0.05) is 28.1 Å². The van der Waals surface area contributed by atoms with Crippen LogP contribution in [0.4, 0.5) is 49.1 Å². The topological polar surface area (TPSA) is 97.7 Å². The van der Waals surface area contributed by atoms with E-state index in [0.717, 1.165) is 47.5 Å². The molecular weight excluding hydrogens is 1150 g/mol. The van der Waals surface area contributed by atoms with Crippen LogP contribution < -0.4 is 25.1 Å². The average molecular weight is 1200 g/mol. The summed E-state index contributed by atoms with van der Waals surface area (Å²) in [5.74, 6) is 0. The Labute approximate surface area is 405 Å². The molecule has 62 heavy (non-hydrogen) atoms. The van der Waals surface area contributed by atoms with Crippen LogP contribution in [0.5, 0.6) is 0 Å². The molecule has 5 heterocycles. The molecule has 2 unspecified atom stereocenters. The van der Waals surface area contributed by atoms with Crippen molar-refractivity contribution < 1.29 is 95.5 Å². The zero-order valence-electron chi connectivity index (χ0n) is 35.5. The van der Waals surface area contributed by atoms with Crippen LogP contribution in [0.25, 0.3) is 0 Å². The molecule has 3 aliphatic rings. The van der Waals surface area contributed by atoms with Crippen LogP contribution in [-0.4, -0.2) is 103 Å². The molecule has 2 atom stereocenters. The maximum absolute atomic E-state index is 12.8. The van der Waals surface area contributed by atoms with Crippen LogP contribution in [0.3, 0.4) is 0 Å². The number of alkyl halides is 6. The van der Waals surface area contributed by atoms with E-state index in [0.29, 0.717) is 37.6 Å². The number of pyridine rings is 2. The fourth-order valence-corrected chi connectivity index (χ4v) is 7.08. The van der Waals surface area contributed by atoms with Gasteiger partial charge < -0.3 is 54.0 Å². The number of piperazine rings is 2. The molecule has 3 saturated heterocycles. The number of aliphatic hydroxyl groups is 2. The number of hydrogen-bond donors (Lipinski definition) is 2. The van der Waals surface area contributed by atoms with Gasteiger partial charge in [0.25, 0.3) is 0 Å². The van der Waals surface area contributed by atoms with Gasteiger partial charge in [0.2, 0.25) is 0 Å². The van der Waals surface area contributed by atoms with Gasteiger partial charge in [-0.3, -0.25) is 9.97 Å². The van der Waals surface area contributed by atoms with Gasteiger partial charge in [0.15, 0.2) is 12.2 Å². The smallest absolute Gasteiger partial charge is 0.399 e. The summed E-state index contributed by atoms with van der Waals surface area (Å²) in [5.41, 5.74) is 2.86. The molecular formula is C42H52BBrF6N6O4UV-2. The molecule has 1 radical (unpaired) electrons. The van der Waals surface area contributed by atoms with Crippen molar-refractivity contribution in [3.8, 4) is 0 Å². The molecule has 0 amide bonds. The third-order valence-corrected chi connectivity index (χ3v) is 11.5. The molecule has 10 nitrogen and oxygen atoms in total. The Balaban J connectivity index is 0.000000414. The van der Waals surface area contributed by atoms with Gasteiger partial charge in [0, 0.05) is 142 Å². The summed E-state index contributed by atoms with van der Waals surface area (Å²) in [7, 11) is -0.408. The number of anilines is 4. The molecule has 0 spiro atoms. The van der Waals surface area contributed by atoms with Crippen molar-refractivity contribution >= 4 is 51.3 Å². The minimum absolute atomic E-state index is 0. The minimum Gasteiger partial charge on any atom is -0.399 e. The molecule has 337 valence electrons. The molecule has 0 aliphatic carbocycles. The predicted molar refractivity (Wildman–Crippen MR) is 228 cm³/mol. The summed E-state index contributed by atoms with van der Waals surface area (Å²) in [6.07, 6.45) is -12.0. The average Bonchev–Trinajstić information content (AvgIpc) is 3.43. The fourth-order valence-electron chi connectivity index (χ4n) is 6.82. The van der Waals surface area contributed by atoms with Crippen LogP contribution in [0.1, 0.15) is 51.3 Å². The number of rotatable bonds is 7. The van der Waals surface area contributed by atoms with E-state index in [1.165, 1.54) is 24.5 Å². The summed E-state index contributed by atoms with van der Waals surface area (Å²) in [6.45, 7) is 13.7. The van der Waals surface area contributed by atoms with Crippen molar-refractivity contribution in [1.29, 1.82) is 0 Å². The number of benzene rings is 2. The molecule has 7 rings (SSSR count). The van der Waals surface area contributed by atoms with E-state index in [1.807, 2.05) is 86.0 Å². The Bertz CT molecular complexity index is 1980. The van der Waals surface area contributed by atoms with Crippen LogP contribution in [0.15, 0.2) is 89.7 Å². The van der Waals surface area contributed by atoms with Gasteiger partial charge in [-0.25, -0.2) is 0 Å². The minimum atomic E-state index is -4.74. The van der Waals surface area contributed by atoms with Crippen molar-refractivity contribution in [2.45, 2.75) is 63.5 Å². The molecule has 3 fully saturated rings. The molecule has 2 N–H and O–H groups in total. The Kier molecular flexibility index (Phi) is 20.3. The second-order valence-electron chi connectivity index (χ2n) is 15.4. The summed E-state index contributed by atoms with van der Waals surface area (Å²) < 4.78 is 89.7. The van der Waals surface area contributed by atoms with Gasteiger partial charge in [-0.15, -0.1) is 0 Å². The first-order valence-corrected chi connectivity index (χ1v) is 19.6. The molecule has 2 aromatic heterocycles. The van der Waals surface area contributed by atoms with Crippen LogP contribution >= 0.6 is 15.9 Å². The van der Waals surface area contributed by atoms with Crippen LogP contribution in [-0.2, 0) is 27.9 Å². The summed E-state index contributed by atoms with van der Waals surface area (Å²) in [6, 6.07) is 22.1. The second-order valence-corrected chi connectivity index (χ2v) is 16.3. The van der Waals surface area contributed by atoms with Gasteiger partial charge in [-0.2, -0.15) is 26.3 Å². The van der Waals surface area contributed by atoms with E-state index in [-0.39, 0.29) is 75.9 Å². The van der Waals surface area contributed by atoms with Crippen molar-refractivity contribution in [1.82, 2.24) is 9.97 Å². The second kappa shape index (κ2) is 22.6. The maximum atomic E-state index is 12.8. The Morgan fingerprint density at radius 1 is 0.581 bits per heavy atom. The van der Waals surface area contributed by atoms with E-state index >= 15 is 0 Å². The summed E-state index contributed by atoms with van der Waals surface area (Å²) >= 11 is 3.41. The maximum Gasteiger partial charge on any atom is 0.494 e. The van der Waals surface area contributed by atoms with E-state index in [2.05, 4.69) is 35.7 Å². The van der Waals surface area contributed by atoms with Gasteiger partial charge in [0.1, 0.15) is 0 Å². The zero-order valence-corrected chi connectivity index (χ0v) is 42.6. The van der Waals surface area contributed by atoms with Crippen molar-refractivity contribution in [3.63, 3.8) is 0 Å². The molecule has 2 aromatic carbocycles. The molecule has 20 heteroatoms. The number of aromatic nitrogens is 2. The molecule has 3 aliphatic heterocycles. The molecule has 4 aromatic rings. The van der Waals surface area contributed by atoms with Crippen molar-refractivity contribution in [3.05, 3.63) is 116 Å². The largest absolute Gasteiger partial charge is 0.494 e. The van der Waals surface area contributed by atoms with E-state index in [1.54, 1.807) is 12.1 Å².